The monoisotopic (exact) mass is 237 g/mol. The van der Waals surface area contributed by atoms with Crippen molar-refractivity contribution in [3.63, 3.8) is 0 Å². The van der Waals surface area contributed by atoms with Gasteiger partial charge in [-0.2, -0.15) is 9.64 Å². The third-order valence-corrected chi connectivity index (χ3v) is 3.31. The van der Waals surface area contributed by atoms with Crippen molar-refractivity contribution in [2.45, 2.75) is 12.8 Å². The lowest BCUT2D eigenvalue weighted by atomic mass is 10.2. The smallest absolute Gasteiger partial charge is 0.343 e. The van der Waals surface area contributed by atoms with Crippen LogP contribution >= 0.6 is 11.5 Å². The lowest BCUT2D eigenvalue weighted by molar-refractivity contribution is 0.0601. The van der Waals surface area contributed by atoms with Gasteiger partial charge in [-0.3, -0.25) is 0 Å². The van der Waals surface area contributed by atoms with E-state index in [9.17, 15) is 4.79 Å². The standard InChI is InChI=1S/C10H11N3O2S/c1-15-10(14)8-7(6-11)16-12-9(8)13-4-2-3-5-13/h2-5H2,1H3. The highest BCUT2D eigenvalue weighted by atomic mass is 32.1. The molecule has 0 radical (unpaired) electrons. The van der Waals surface area contributed by atoms with E-state index >= 15 is 0 Å². The van der Waals surface area contributed by atoms with Gasteiger partial charge < -0.3 is 9.64 Å². The molecule has 1 aliphatic heterocycles. The Kier molecular flexibility index (Phi) is 3.06. The van der Waals surface area contributed by atoms with Crippen LogP contribution in [0.25, 0.3) is 0 Å². The second-order valence-corrected chi connectivity index (χ2v) is 4.28. The van der Waals surface area contributed by atoms with Crippen LogP contribution in [0.3, 0.4) is 0 Å². The molecule has 0 unspecified atom stereocenters. The highest BCUT2D eigenvalue weighted by Gasteiger charge is 2.26. The summed E-state index contributed by atoms with van der Waals surface area (Å²) < 4.78 is 8.87. The zero-order valence-electron chi connectivity index (χ0n) is 8.89. The number of nitriles is 1. The summed E-state index contributed by atoms with van der Waals surface area (Å²) in [5, 5.41) is 8.91. The summed E-state index contributed by atoms with van der Waals surface area (Å²) in [5.74, 6) is 0.123. The Hall–Kier alpha value is -1.61. The highest BCUT2D eigenvalue weighted by molar-refractivity contribution is 7.07. The maximum Gasteiger partial charge on any atom is 0.343 e. The Balaban J connectivity index is 2.41. The van der Waals surface area contributed by atoms with Crippen molar-refractivity contribution in [2.75, 3.05) is 25.1 Å². The highest BCUT2D eigenvalue weighted by Crippen LogP contribution is 2.29. The molecule has 0 aliphatic carbocycles. The van der Waals surface area contributed by atoms with E-state index in [1.807, 2.05) is 11.0 Å². The van der Waals surface area contributed by atoms with Crippen molar-refractivity contribution in [2.24, 2.45) is 0 Å². The van der Waals surface area contributed by atoms with Gasteiger partial charge in [-0.05, 0) is 24.4 Å². The predicted octanol–water partition coefficient (Wildman–Crippen LogP) is 1.40. The molecular weight excluding hydrogens is 226 g/mol. The molecule has 2 heterocycles. The second-order valence-electron chi connectivity index (χ2n) is 3.51. The molecule has 0 aromatic carbocycles. The number of ether oxygens (including phenoxy) is 1. The molecule has 0 bridgehead atoms. The van der Waals surface area contributed by atoms with Crippen molar-refractivity contribution in [3.05, 3.63) is 10.4 Å². The van der Waals surface area contributed by atoms with Crippen LogP contribution in [0.4, 0.5) is 5.82 Å². The number of carbonyl (C=O) groups excluding carboxylic acids is 1. The van der Waals surface area contributed by atoms with Gasteiger partial charge in [-0.25, -0.2) is 4.79 Å². The number of nitrogens with zero attached hydrogens (tertiary/aromatic N) is 3. The van der Waals surface area contributed by atoms with E-state index in [1.165, 1.54) is 7.11 Å². The first-order chi connectivity index (χ1) is 7.77. The number of carbonyl (C=O) groups is 1. The van der Waals surface area contributed by atoms with Gasteiger partial charge >= 0.3 is 5.97 Å². The molecule has 0 N–H and O–H groups in total. The molecule has 1 fully saturated rings. The molecular formula is C10H11N3O2S. The summed E-state index contributed by atoms with van der Waals surface area (Å²) in [6.45, 7) is 1.77. The van der Waals surface area contributed by atoms with E-state index < -0.39 is 5.97 Å². The molecule has 1 saturated heterocycles. The minimum Gasteiger partial charge on any atom is -0.465 e. The lowest BCUT2D eigenvalue weighted by Gasteiger charge is -2.15. The van der Waals surface area contributed by atoms with E-state index in [0.29, 0.717) is 16.3 Å². The Bertz CT molecular complexity index is 443. The van der Waals surface area contributed by atoms with Crippen LogP contribution in [0, 0.1) is 11.3 Å². The summed E-state index contributed by atoms with van der Waals surface area (Å²) in [5.41, 5.74) is 0.317. The SMILES string of the molecule is COC(=O)c1c(N2CCCC2)nsc1C#N. The molecule has 0 atom stereocenters. The van der Waals surface area contributed by atoms with Gasteiger partial charge in [-0.15, -0.1) is 0 Å². The van der Waals surface area contributed by atoms with Crippen LogP contribution in [0.2, 0.25) is 0 Å². The average molecular weight is 237 g/mol. The lowest BCUT2D eigenvalue weighted by Crippen LogP contribution is -2.21. The van der Waals surface area contributed by atoms with Crippen LogP contribution in [0.1, 0.15) is 28.1 Å². The van der Waals surface area contributed by atoms with Gasteiger partial charge in [0.2, 0.25) is 0 Å². The number of anilines is 1. The van der Waals surface area contributed by atoms with Crippen molar-refractivity contribution >= 4 is 23.3 Å². The van der Waals surface area contributed by atoms with Gasteiger partial charge in [-0.1, -0.05) is 0 Å². The fourth-order valence-electron chi connectivity index (χ4n) is 1.79. The van der Waals surface area contributed by atoms with Gasteiger partial charge in [0.15, 0.2) is 5.82 Å². The fourth-order valence-corrected chi connectivity index (χ4v) is 2.48. The number of methoxy groups -OCH3 is 1. The summed E-state index contributed by atoms with van der Waals surface area (Å²) >= 11 is 1.05. The van der Waals surface area contributed by atoms with Crippen LogP contribution in [0.5, 0.6) is 0 Å². The first-order valence-corrected chi connectivity index (χ1v) is 5.78. The van der Waals surface area contributed by atoms with Gasteiger partial charge in [0, 0.05) is 13.1 Å². The number of aromatic nitrogens is 1. The molecule has 0 spiro atoms. The molecule has 2 rings (SSSR count). The summed E-state index contributed by atoms with van der Waals surface area (Å²) in [6.07, 6.45) is 2.19. The third-order valence-electron chi connectivity index (χ3n) is 2.57. The van der Waals surface area contributed by atoms with Crippen molar-refractivity contribution in [1.29, 1.82) is 5.26 Å². The van der Waals surface area contributed by atoms with Crippen LogP contribution in [-0.4, -0.2) is 30.5 Å². The van der Waals surface area contributed by atoms with Crippen LogP contribution < -0.4 is 4.90 Å². The quantitative estimate of drug-likeness (QED) is 0.727. The molecule has 0 amide bonds. The second kappa shape index (κ2) is 4.49. The van der Waals surface area contributed by atoms with Crippen LogP contribution in [-0.2, 0) is 4.74 Å². The average Bonchev–Trinajstić information content (AvgIpc) is 2.95. The Morgan fingerprint density at radius 2 is 2.25 bits per heavy atom. The number of hydrogen-bond acceptors (Lipinski definition) is 6. The summed E-state index contributed by atoms with van der Waals surface area (Å²) in [6, 6.07) is 1.98. The molecule has 16 heavy (non-hydrogen) atoms. The molecule has 5 nitrogen and oxygen atoms in total. The molecule has 1 aromatic rings. The molecule has 84 valence electrons. The number of rotatable bonds is 2. The topological polar surface area (TPSA) is 66.2 Å². The minimum absolute atomic E-state index is 0.317. The van der Waals surface area contributed by atoms with Gasteiger partial charge in [0.05, 0.1) is 7.11 Å². The zero-order valence-corrected chi connectivity index (χ0v) is 9.71. The normalized spacial score (nSPS) is 14.9. The molecule has 6 heteroatoms. The molecule has 1 aliphatic rings. The van der Waals surface area contributed by atoms with E-state index in [4.69, 9.17) is 5.26 Å². The van der Waals surface area contributed by atoms with Crippen molar-refractivity contribution < 1.29 is 9.53 Å². The Labute approximate surface area is 97.4 Å². The largest absolute Gasteiger partial charge is 0.465 e. The maximum atomic E-state index is 11.6. The van der Waals surface area contributed by atoms with Crippen LogP contribution in [0.15, 0.2) is 0 Å². The third kappa shape index (κ3) is 1.74. The van der Waals surface area contributed by atoms with E-state index in [0.717, 1.165) is 37.5 Å². The Morgan fingerprint density at radius 1 is 1.56 bits per heavy atom. The van der Waals surface area contributed by atoms with E-state index in [1.54, 1.807) is 0 Å². The molecule has 1 aromatic heterocycles. The number of esters is 1. The molecule has 0 saturated carbocycles. The predicted molar refractivity (Wildman–Crippen MR) is 59.6 cm³/mol. The van der Waals surface area contributed by atoms with Gasteiger partial charge in [0.1, 0.15) is 16.5 Å². The first-order valence-electron chi connectivity index (χ1n) is 5.01. The fraction of sp³-hybridized carbons (Fsp3) is 0.500. The maximum absolute atomic E-state index is 11.6. The summed E-state index contributed by atoms with van der Waals surface area (Å²) in [7, 11) is 1.31. The van der Waals surface area contributed by atoms with E-state index in [2.05, 4.69) is 9.11 Å². The van der Waals surface area contributed by atoms with Crippen molar-refractivity contribution in [1.82, 2.24) is 4.37 Å². The number of hydrogen-bond donors (Lipinski definition) is 0. The zero-order chi connectivity index (χ0) is 11.5. The summed E-state index contributed by atoms with van der Waals surface area (Å²) in [4.78, 5) is 14.0. The minimum atomic E-state index is -0.479. The first kappa shape index (κ1) is 10.9. The van der Waals surface area contributed by atoms with E-state index in [-0.39, 0.29) is 0 Å². The van der Waals surface area contributed by atoms with Crippen molar-refractivity contribution in [3.8, 4) is 6.07 Å². The van der Waals surface area contributed by atoms with Gasteiger partial charge in [0.25, 0.3) is 0 Å². The Morgan fingerprint density at radius 3 is 2.81 bits per heavy atom.